The van der Waals surface area contributed by atoms with Gasteiger partial charge in [0.1, 0.15) is 17.2 Å². The van der Waals surface area contributed by atoms with Gasteiger partial charge in [-0.3, -0.25) is 23.8 Å². The number of nitrogens with zero attached hydrogens (tertiary/aromatic N) is 3. The van der Waals surface area contributed by atoms with Crippen molar-refractivity contribution in [1.29, 1.82) is 0 Å². The molecule has 6 rings (SSSR count). The Morgan fingerprint density at radius 1 is 0.667 bits per heavy atom. The maximum absolute atomic E-state index is 15.5. The number of amides is 2. The van der Waals surface area contributed by atoms with E-state index in [4.69, 9.17) is 18.5 Å². The molecule has 0 N–H and O–H groups in total. The molecule has 0 saturated carbocycles. The fraction of sp³-hybridized carbons (Fsp3) is 0.453. The molecular weight excluding hydrogens is 914 g/mol. The van der Waals surface area contributed by atoms with Gasteiger partial charge in [0.2, 0.25) is 5.91 Å². The van der Waals surface area contributed by atoms with Crippen LogP contribution in [0.1, 0.15) is 90.0 Å². The molecule has 2 fully saturated rings. The largest absolute Gasteiger partial charge is 0.497 e. The van der Waals surface area contributed by atoms with Gasteiger partial charge in [0.15, 0.2) is 6.29 Å². The first-order chi connectivity index (χ1) is 32.5. The third kappa shape index (κ3) is 16.4. The fourth-order valence-corrected chi connectivity index (χ4v) is 10.3. The third-order valence-electron chi connectivity index (χ3n) is 11.8. The predicted molar refractivity (Wildman–Crippen MR) is 260 cm³/mol. The van der Waals surface area contributed by atoms with Gasteiger partial charge in [-0.25, -0.2) is 8.78 Å². The van der Waals surface area contributed by atoms with Crippen LogP contribution in [0.25, 0.3) is 0 Å². The molecule has 1 atom stereocenters. The standard InChI is InChI=1S/C31H34F2N2O2.C18H28NO5P.C4H6F2O/c1-30(2)18-27(29(36)35(30)22-26-14-16-28(37-3)17-15-26)19-31(32,33)23-34(20-24-10-6-4-7-11-24)21-25-12-8-5-9-13-25;1-6-23-25(21,24-7-2)16-12-18(3,4)19(17(16)20)13-14-8-10-15(22-5)11-9-14;1-2-4(5,6)3-7/h4-17,19H,18,20-23H2,1-3H3;8-11,16H,6-7,12-13H2,1-5H3;3H,2H2,1H3. The van der Waals surface area contributed by atoms with Crippen molar-refractivity contribution in [2.45, 2.75) is 122 Å². The van der Waals surface area contributed by atoms with Gasteiger partial charge in [-0.15, -0.1) is 0 Å². The zero-order valence-electron chi connectivity index (χ0n) is 41.3. The van der Waals surface area contributed by atoms with Crippen molar-refractivity contribution in [1.82, 2.24) is 14.7 Å². The fourth-order valence-electron chi connectivity index (χ4n) is 8.11. The molecule has 2 aliphatic rings. The molecule has 69 heavy (non-hydrogen) atoms. The summed E-state index contributed by atoms with van der Waals surface area (Å²) in [5.74, 6) is -5.28. The Morgan fingerprint density at radius 3 is 1.51 bits per heavy atom. The van der Waals surface area contributed by atoms with E-state index in [0.29, 0.717) is 32.6 Å². The average Bonchev–Trinajstić information content (AvgIpc) is 3.68. The van der Waals surface area contributed by atoms with Gasteiger partial charge in [-0.2, -0.15) is 8.78 Å². The van der Waals surface area contributed by atoms with Crippen LogP contribution in [0.3, 0.4) is 0 Å². The second-order valence-corrected chi connectivity index (χ2v) is 20.4. The average molecular weight is 982 g/mol. The molecule has 0 radical (unpaired) electrons. The van der Waals surface area contributed by atoms with E-state index < -0.39 is 49.1 Å². The molecule has 4 aromatic carbocycles. The van der Waals surface area contributed by atoms with E-state index >= 15 is 8.78 Å². The molecular formula is C53H68F4N3O8P. The summed E-state index contributed by atoms with van der Waals surface area (Å²) in [4.78, 5) is 40.8. The maximum Gasteiger partial charge on any atom is 0.343 e. The Hall–Kier alpha value is -5.34. The Morgan fingerprint density at radius 2 is 1.12 bits per heavy atom. The van der Waals surface area contributed by atoms with Gasteiger partial charge in [0, 0.05) is 55.7 Å². The number of alkyl halides is 4. The van der Waals surface area contributed by atoms with Crippen molar-refractivity contribution in [3.8, 4) is 11.5 Å². The van der Waals surface area contributed by atoms with Gasteiger partial charge in [0.05, 0.1) is 34.0 Å². The molecule has 0 bridgehead atoms. The zero-order chi connectivity index (χ0) is 51.0. The molecule has 0 spiro atoms. The van der Waals surface area contributed by atoms with Crippen LogP contribution in [-0.4, -0.2) is 95.4 Å². The van der Waals surface area contributed by atoms with E-state index in [1.54, 1.807) is 42.8 Å². The van der Waals surface area contributed by atoms with Crippen molar-refractivity contribution in [2.75, 3.05) is 34.0 Å². The number of aldehydes is 1. The number of methoxy groups -OCH3 is 2. The van der Waals surface area contributed by atoms with Crippen molar-refractivity contribution in [3.63, 3.8) is 0 Å². The van der Waals surface area contributed by atoms with Crippen LogP contribution < -0.4 is 9.47 Å². The van der Waals surface area contributed by atoms with Crippen molar-refractivity contribution in [3.05, 3.63) is 143 Å². The van der Waals surface area contributed by atoms with Crippen molar-refractivity contribution in [2.24, 2.45) is 0 Å². The summed E-state index contributed by atoms with van der Waals surface area (Å²) >= 11 is 0. The van der Waals surface area contributed by atoms with Gasteiger partial charge >= 0.3 is 13.5 Å². The molecule has 376 valence electrons. The Balaban J connectivity index is 0.000000279. The molecule has 16 heteroatoms. The summed E-state index contributed by atoms with van der Waals surface area (Å²) < 4.78 is 88.3. The quantitative estimate of drug-likeness (QED) is 0.0369. The summed E-state index contributed by atoms with van der Waals surface area (Å²) in [5.41, 5.74) is 2.27. The van der Waals surface area contributed by atoms with Crippen LogP contribution in [0, 0.1) is 0 Å². The minimum absolute atomic E-state index is 0.169. The molecule has 2 amide bonds. The van der Waals surface area contributed by atoms with E-state index in [-0.39, 0.29) is 43.3 Å². The highest BCUT2D eigenvalue weighted by Gasteiger charge is 2.54. The summed E-state index contributed by atoms with van der Waals surface area (Å²) in [6.07, 6.45) is 0.867. The van der Waals surface area contributed by atoms with E-state index in [0.717, 1.165) is 39.8 Å². The summed E-state index contributed by atoms with van der Waals surface area (Å²) in [6, 6.07) is 34.3. The zero-order valence-corrected chi connectivity index (χ0v) is 42.2. The van der Waals surface area contributed by atoms with E-state index in [1.165, 1.54) is 6.92 Å². The first-order valence-corrected chi connectivity index (χ1v) is 24.7. The minimum Gasteiger partial charge on any atom is -0.497 e. The van der Waals surface area contributed by atoms with Crippen LogP contribution in [0.4, 0.5) is 17.6 Å². The molecule has 2 heterocycles. The number of carbonyl (C=O) groups is 3. The van der Waals surface area contributed by atoms with Crippen LogP contribution in [0.5, 0.6) is 11.5 Å². The number of carbonyl (C=O) groups excluding carboxylic acids is 3. The molecule has 2 saturated heterocycles. The maximum atomic E-state index is 15.5. The van der Waals surface area contributed by atoms with Gasteiger partial charge in [-0.1, -0.05) is 91.9 Å². The Labute approximate surface area is 405 Å². The van der Waals surface area contributed by atoms with Gasteiger partial charge in [0.25, 0.3) is 11.8 Å². The smallest absolute Gasteiger partial charge is 0.343 e. The van der Waals surface area contributed by atoms with Crippen LogP contribution >= 0.6 is 7.60 Å². The molecule has 11 nitrogen and oxygen atoms in total. The normalized spacial score (nSPS) is 17.3. The van der Waals surface area contributed by atoms with Crippen LogP contribution in [0.2, 0.25) is 0 Å². The highest BCUT2D eigenvalue weighted by atomic mass is 31.2. The summed E-state index contributed by atoms with van der Waals surface area (Å²) in [5, 5.41) is 0. The third-order valence-corrected chi connectivity index (χ3v) is 14.2. The van der Waals surface area contributed by atoms with E-state index in [1.807, 2.05) is 137 Å². The molecule has 0 aliphatic carbocycles. The second kappa shape index (κ2) is 25.0. The van der Waals surface area contributed by atoms with Crippen LogP contribution in [-0.2, 0) is 54.2 Å². The topological polar surface area (TPSA) is 115 Å². The number of rotatable bonds is 20. The number of likely N-dealkylation sites (tertiary alicyclic amines) is 2. The lowest BCUT2D eigenvalue weighted by molar-refractivity contribution is -0.131. The number of ether oxygens (including phenoxy) is 2. The van der Waals surface area contributed by atoms with Crippen LogP contribution in [0.15, 0.2) is 121 Å². The van der Waals surface area contributed by atoms with Crippen molar-refractivity contribution < 1.29 is 55.0 Å². The van der Waals surface area contributed by atoms with E-state index in [2.05, 4.69) is 0 Å². The lowest BCUT2D eigenvalue weighted by atomic mass is 9.98. The number of benzene rings is 4. The number of hydrogen-bond acceptors (Lipinski definition) is 9. The molecule has 1 unspecified atom stereocenters. The van der Waals surface area contributed by atoms with E-state index in [9.17, 15) is 27.7 Å². The summed E-state index contributed by atoms with van der Waals surface area (Å²) in [7, 11) is -0.255. The van der Waals surface area contributed by atoms with Gasteiger partial charge < -0.3 is 28.3 Å². The molecule has 2 aliphatic heterocycles. The Kier molecular flexibility index (Phi) is 20.4. The Bertz CT molecular complexity index is 2280. The van der Waals surface area contributed by atoms with Crippen molar-refractivity contribution >= 4 is 25.7 Å². The lowest BCUT2D eigenvalue weighted by Crippen LogP contribution is -2.40. The monoisotopic (exact) mass is 981 g/mol. The number of halogens is 4. The second-order valence-electron chi connectivity index (χ2n) is 18.2. The number of hydrogen-bond donors (Lipinski definition) is 0. The summed E-state index contributed by atoms with van der Waals surface area (Å²) in [6.45, 7) is 14.2. The molecule has 0 aromatic heterocycles. The minimum atomic E-state index is -3.47. The first-order valence-electron chi connectivity index (χ1n) is 23.1. The SMILES string of the molecule is CCC(F)(F)C=O.CCOP(=O)(OCC)C1CC(C)(C)N(Cc2ccc(OC)cc2)C1=O.COc1ccc(CN2C(=O)C(=CC(F)(F)CN(Cc3ccccc3)Cc3ccccc3)CC2(C)C)cc1. The van der Waals surface area contributed by atoms with Gasteiger partial charge in [-0.05, 0) is 101 Å². The first kappa shape index (κ1) is 56.2. The predicted octanol–water partition coefficient (Wildman–Crippen LogP) is 11.5. The lowest BCUT2D eigenvalue weighted by Gasteiger charge is -2.31. The molecule has 4 aromatic rings. The highest BCUT2D eigenvalue weighted by Crippen LogP contribution is 2.59. The highest BCUT2D eigenvalue weighted by molar-refractivity contribution is 7.55.